The highest BCUT2D eigenvalue weighted by atomic mass is 16.5. The summed E-state index contributed by atoms with van der Waals surface area (Å²) in [7, 11) is 3.21. The molecule has 1 atom stereocenters. The first-order chi connectivity index (χ1) is 10.0. The number of carbonyl (C=O) groups is 1. The molecule has 0 heterocycles. The van der Waals surface area contributed by atoms with E-state index in [-0.39, 0.29) is 18.1 Å². The van der Waals surface area contributed by atoms with Crippen LogP contribution in [-0.2, 0) is 9.53 Å². The number of carbonyl (C=O) groups excluding carboxylic acids is 1. The quantitative estimate of drug-likeness (QED) is 0.772. The SMILES string of the molecule is CCOC(=O)CCN(C)C(C#N)c1ccc(O)c(OC)c1. The molecule has 114 valence electrons. The van der Waals surface area contributed by atoms with Crippen LogP contribution >= 0.6 is 0 Å². The Morgan fingerprint density at radius 2 is 2.24 bits per heavy atom. The van der Waals surface area contributed by atoms with Gasteiger partial charge < -0.3 is 14.6 Å². The maximum Gasteiger partial charge on any atom is 0.307 e. The molecular weight excluding hydrogens is 272 g/mol. The first-order valence-electron chi connectivity index (χ1n) is 6.65. The van der Waals surface area contributed by atoms with Gasteiger partial charge in [-0.3, -0.25) is 9.69 Å². The molecule has 0 fully saturated rings. The van der Waals surface area contributed by atoms with Gasteiger partial charge in [-0.15, -0.1) is 0 Å². The second kappa shape index (κ2) is 8.12. The summed E-state index contributed by atoms with van der Waals surface area (Å²) >= 11 is 0. The lowest BCUT2D eigenvalue weighted by Gasteiger charge is -2.22. The number of phenolic OH excluding ortho intramolecular Hbond substituents is 1. The first kappa shape index (κ1) is 16.8. The van der Waals surface area contributed by atoms with E-state index in [0.29, 0.717) is 24.5 Å². The van der Waals surface area contributed by atoms with E-state index in [1.54, 1.807) is 31.0 Å². The van der Waals surface area contributed by atoms with Crippen molar-refractivity contribution in [1.29, 1.82) is 5.26 Å². The van der Waals surface area contributed by atoms with Gasteiger partial charge in [0.25, 0.3) is 0 Å². The third kappa shape index (κ3) is 4.65. The van der Waals surface area contributed by atoms with Crippen molar-refractivity contribution in [3.63, 3.8) is 0 Å². The number of aromatic hydroxyl groups is 1. The molecule has 1 aromatic rings. The van der Waals surface area contributed by atoms with E-state index >= 15 is 0 Å². The van der Waals surface area contributed by atoms with Gasteiger partial charge in [0.15, 0.2) is 11.5 Å². The Morgan fingerprint density at radius 1 is 1.52 bits per heavy atom. The van der Waals surface area contributed by atoms with Crippen LogP contribution in [0.5, 0.6) is 11.5 Å². The third-order valence-corrected chi connectivity index (χ3v) is 3.06. The average molecular weight is 292 g/mol. The van der Waals surface area contributed by atoms with Crippen molar-refractivity contribution < 1.29 is 19.4 Å². The maximum atomic E-state index is 11.4. The number of hydrogen-bond donors (Lipinski definition) is 1. The van der Waals surface area contributed by atoms with Crippen LogP contribution in [-0.4, -0.2) is 43.3 Å². The molecule has 1 unspecified atom stereocenters. The van der Waals surface area contributed by atoms with Crippen molar-refractivity contribution in [3.05, 3.63) is 23.8 Å². The van der Waals surface area contributed by atoms with Gasteiger partial charge in [0, 0.05) is 6.54 Å². The summed E-state index contributed by atoms with van der Waals surface area (Å²) in [5.41, 5.74) is 0.693. The van der Waals surface area contributed by atoms with Crippen LogP contribution in [0.25, 0.3) is 0 Å². The third-order valence-electron chi connectivity index (χ3n) is 3.06. The number of rotatable bonds is 7. The Hall–Kier alpha value is -2.26. The summed E-state index contributed by atoms with van der Waals surface area (Å²) in [6, 6.07) is 6.41. The molecule has 0 saturated carbocycles. The topological polar surface area (TPSA) is 82.8 Å². The molecule has 0 amide bonds. The lowest BCUT2D eigenvalue weighted by Crippen LogP contribution is -2.26. The Kier molecular flexibility index (Phi) is 6.50. The molecule has 0 aromatic heterocycles. The number of benzene rings is 1. The van der Waals surface area contributed by atoms with E-state index in [0.717, 1.165) is 0 Å². The van der Waals surface area contributed by atoms with Crippen LogP contribution in [0.2, 0.25) is 0 Å². The van der Waals surface area contributed by atoms with Crippen LogP contribution in [0.1, 0.15) is 24.9 Å². The molecule has 0 aliphatic heterocycles. The van der Waals surface area contributed by atoms with Gasteiger partial charge in [-0.05, 0) is 31.7 Å². The van der Waals surface area contributed by atoms with Gasteiger partial charge in [-0.25, -0.2) is 0 Å². The zero-order chi connectivity index (χ0) is 15.8. The number of esters is 1. The minimum absolute atomic E-state index is 0.0205. The summed E-state index contributed by atoms with van der Waals surface area (Å²) in [5, 5.41) is 18.9. The van der Waals surface area contributed by atoms with Crippen LogP contribution in [0, 0.1) is 11.3 Å². The van der Waals surface area contributed by atoms with E-state index in [1.807, 2.05) is 0 Å². The fraction of sp³-hybridized carbons (Fsp3) is 0.467. The monoisotopic (exact) mass is 292 g/mol. The summed E-state index contributed by atoms with van der Waals surface area (Å²) < 4.78 is 9.90. The standard InChI is InChI=1S/C15H20N2O4/c1-4-21-15(19)7-8-17(2)12(10-16)11-5-6-13(18)14(9-11)20-3/h5-6,9,12,18H,4,7-8H2,1-3H3. The van der Waals surface area contributed by atoms with Gasteiger partial charge in [0.1, 0.15) is 6.04 Å². The number of phenols is 1. The van der Waals surface area contributed by atoms with Crippen LogP contribution in [0.15, 0.2) is 18.2 Å². The fourth-order valence-electron chi connectivity index (χ4n) is 1.92. The Morgan fingerprint density at radius 3 is 2.81 bits per heavy atom. The maximum absolute atomic E-state index is 11.4. The largest absolute Gasteiger partial charge is 0.504 e. The molecule has 0 bridgehead atoms. The summed E-state index contributed by atoms with van der Waals surface area (Å²) in [5.74, 6) is 0.0444. The fourth-order valence-corrected chi connectivity index (χ4v) is 1.92. The van der Waals surface area contributed by atoms with E-state index < -0.39 is 6.04 Å². The van der Waals surface area contributed by atoms with E-state index in [1.165, 1.54) is 13.2 Å². The van der Waals surface area contributed by atoms with Crippen molar-refractivity contribution in [2.75, 3.05) is 27.3 Å². The Labute approximate surface area is 124 Å². The summed E-state index contributed by atoms with van der Waals surface area (Å²) in [6.45, 7) is 2.50. The highest BCUT2D eigenvalue weighted by Gasteiger charge is 2.19. The average Bonchev–Trinajstić information content (AvgIpc) is 2.47. The van der Waals surface area contributed by atoms with Crippen molar-refractivity contribution in [2.24, 2.45) is 0 Å². The zero-order valence-corrected chi connectivity index (χ0v) is 12.5. The number of ether oxygens (including phenoxy) is 2. The van der Waals surface area contributed by atoms with Crippen LogP contribution in [0.3, 0.4) is 0 Å². The lowest BCUT2D eigenvalue weighted by atomic mass is 10.1. The first-order valence-corrected chi connectivity index (χ1v) is 6.65. The van der Waals surface area contributed by atoms with Gasteiger partial charge in [-0.1, -0.05) is 6.07 Å². The summed E-state index contributed by atoms with van der Waals surface area (Å²) in [6.07, 6.45) is 0.220. The minimum Gasteiger partial charge on any atom is -0.504 e. The van der Waals surface area contributed by atoms with Crippen molar-refractivity contribution in [3.8, 4) is 17.6 Å². The van der Waals surface area contributed by atoms with Gasteiger partial charge >= 0.3 is 5.97 Å². The predicted molar refractivity (Wildman–Crippen MR) is 76.9 cm³/mol. The van der Waals surface area contributed by atoms with E-state index in [4.69, 9.17) is 9.47 Å². The molecule has 0 aliphatic rings. The minimum atomic E-state index is -0.533. The highest BCUT2D eigenvalue weighted by molar-refractivity contribution is 5.69. The van der Waals surface area contributed by atoms with Crippen molar-refractivity contribution in [1.82, 2.24) is 4.90 Å². The second-order valence-corrected chi connectivity index (χ2v) is 4.50. The van der Waals surface area contributed by atoms with Crippen molar-refractivity contribution >= 4 is 5.97 Å². The van der Waals surface area contributed by atoms with Gasteiger partial charge in [0.2, 0.25) is 0 Å². The second-order valence-electron chi connectivity index (χ2n) is 4.50. The molecule has 1 rings (SSSR count). The number of nitriles is 1. The van der Waals surface area contributed by atoms with E-state index in [2.05, 4.69) is 6.07 Å². The molecule has 6 nitrogen and oxygen atoms in total. The highest BCUT2D eigenvalue weighted by Crippen LogP contribution is 2.30. The molecule has 0 spiro atoms. The molecule has 1 N–H and O–H groups in total. The van der Waals surface area contributed by atoms with Crippen LogP contribution in [0.4, 0.5) is 0 Å². The Balaban J connectivity index is 2.78. The molecule has 1 aromatic carbocycles. The molecule has 0 saturated heterocycles. The Bertz CT molecular complexity index is 525. The normalized spacial score (nSPS) is 11.8. The smallest absolute Gasteiger partial charge is 0.307 e. The van der Waals surface area contributed by atoms with E-state index in [9.17, 15) is 15.2 Å². The lowest BCUT2D eigenvalue weighted by molar-refractivity contribution is -0.143. The molecule has 0 radical (unpaired) electrons. The van der Waals surface area contributed by atoms with Crippen molar-refractivity contribution in [2.45, 2.75) is 19.4 Å². The molecular formula is C15H20N2O4. The van der Waals surface area contributed by atoms with Gasteiger partial charge in [-0.2, -0.15) is 5.26 Å². The number of methoxy groups -OCH3 is 1. The number of hydrogen-bond acceptors (Lipinski definition) is 6. The zero-order valence-electron chi connectivity index (χ0n) is 12.5. The molecule has 21 heavy (non-hydrogen) atoms. The predicted octanol–water partition coefficient (Wildman–Crippen LogP) is 1.85. The van der Waals surface area contributed by atoms with Crippen LogP contribution < -0.4 is 4.74 Å². The molecule has 6 heteroatoms. The van der Waals surface area contributed by atoms with Gasteiger partial charge in [0.05, 0.1) is 26.2 Å². The summed E-state index contributed by atoms with van der Waals surface area (Å²) in [4.78, 5) is 13.1. The number of nitrogens with zero attached hydrogens (tertiary/aromatic N) is 2. The molecule has 0 aliphatic carbocycles.